The van der Waals surface area contributed by atoms with Gasteiger partial charge in [0.15, 0.2) is 0 Å². The molecule has 2 aliphatic rings. The number of aromatic nitrogens is 1. The zero-order valence-electron chi connectivity index (χ0n) is 39.5. The number of hydrogen-bond donors (Lipinski definition) is 4. The van der Waals surface area contributed by atoms with Crippen molar-refractivity contribution in [2.75, 3.05) is 97.6 Å². The first kappa shape index (κ1) is 55.3. The molecule has 68 heavy (non-hydrogen) atoms. The van der Waals surface area contributed by atoms with Gasteiger partial charge >= 0.3 is 0 Å². The monoisotopic (exact) mass is 971 g/mol. The van der Waals surface area contributed by atoms with Gasteiger partial charge in [-0.05, 0) is 55.5 Å². The van der Waals surface area contributed by atoms with Gasteiger partial charge in [0.1, 0.15) is 24.2 Å². The molecule has 0 spiro atoms. The van der Waals surface area contributed by atoms with Crippen LogP contribution < -0.4 is 21.7 Å². The Hall–Kier alpha value is -5.25. The molecule has 4 rings (SSSR count). The topological polar surface area (TPSA) is 213 Å². The highest BCUT2D eigenvalue weighted by molar-refractivity contribution is 8.00. The number of carbonyl (C=O) groups excluding carboxylic acids is 6. The van der Waals surface area contributed by atoms with E-state index in [0.717, 1.165) is 71.1 Å². The number of methoxy groups -OCH3 is 1. The maximum Gasteiger partial charge on any atom is 0.254 e. The Balaban J connectivity index is 1.46. The highest BCUT2D eigenvalue weighted by Gasteiger charge is 2.37. The molecule has 0 bridgehead atoms. The molecule has 20 heteroatoms. The molecule has 2 atom stereocenters. The van der Waals surface area contributed by atoms with Crippen LogP contribution in [0, 0.1) is 17.0 Å². The number of rotatable bonds is 31. The van der Waals surface area contributed by atoms with E-state index in [1.165, 1.54) is 0 Å². The van der Waals surface area contributed by atoms with Crippen LogP contribution in [0.5, 0.6) is 0 Å². The minimum absolute atomic E-state index is 0.00500. The fourth-order valence-electron chi connectivity index (χ4n) is 7.44. The van der Waals surface area contributed by atoms with Crippen LogP contribution in [-0.4, -0.2) is 153 Å². The number of nitrogens with zero attached hydrogens (tertiary/aromatic N) is 3. The molecule has 6 amide bonds. The molecule has 5 N–H and O–H groups in total. The lowest BCUT2D eigenvalue weighted by Crippen LogP contribution is -2.50. The van der Waals surface area contributed by atoms with E-state index in [4.69, 9.17) is 24.7 Å². The Morgan fingerprint density at radius 2 is 1.59 bits per heavy atom. The van der Waals surface area contributed by atoms with Crippen LogP contribution >= 0.6 is 11.8 Å². The summed E-state index contributed by atoms with van der Waals surface area (Å²) in [5, 5.41) is 8.00. The lowest BCUT2D eigenvalue weighted by Gasteiger charge is -2.41. The van der Waals surface area contributed by atoms with Crippen LogP contribution in [-0.2, 0) is 54.3 Å². The Kier molecular flexibility index (Phi) is 23.5. The number of halogens is 2. The van der Waals surface area contributed by atoms with Gasteiger partial charge < -0.3 is 50.1 Å². The lowest BCUT2D eigenvalue weighted by molar-refractivity contribution is -0.141. The molecule has 0 radical (unpaired) electrons. The van der Waals surface area contributed by atoms with Crippen molar-refractivity contribution >= 4 is 47.2 Å². The van der Waals surface area contributed by atoms with Crippen molar-refractivity contribution < 1.29 is 56.5 Å². The minimum Gasteiger partial charge on any atom is -0.382 e. The van der Waals surface area contributed by atoms with Gasteiger partial charge in [-0.2, -0.15) is 0 Å². The second-order valence-electron chi connectivity index (χ2n) is 17.1. The minimum atomic E-state index is -1.10. The summed E-state index contributed by atoms with van der Waals surface area (Å²) in [5.74, 6) is -4.36. The van der Waals surface area contributed by atoms with E-state index in [1.807, 2.05) is 43.6 Å². The number of benzene rings is 1. The van der Waals surface area contributed by atoms with E-state index in [0.29, 0.717) is 51.5 Å². The molecule has 0 saturated carbocycles. The Morgan fingerprint density at radius 1 is 0.912 bits per heavy atom. The number of nitrogens with two attached hydrogens (primary N) is 1. The van der Waals surface area contributed by atoms with Crippen molar-refractivity contribution in [1.29, 1.82) is 0 Å². The summed E-state index contributed by atoms with van der Waals surface area (Å²) in [4.78, 5) is 80.0. The van der Waals surface area contributed by atoms with Gasteiger partial charge in [-0.25, -0.2) is 8.78 Å². The van der Waals surface area contributed by atoms with Crippen LogP contribution in [0.4, 0.5) is 8.78 Å². The lowest BCUT2D eigenvalue weighted by atomic mass is 9.83. The Morgan fingerprint density at radius 3 is 2.24 bits per heavy atom. The third-order valence-corrected chi connectivity index (χ3v) is 11.8. The standard InChI is InChI=1S/C48H67F2N7O10S/c1-48(2,3)46(40-27-35(37-28-36(49)11-12-38(37)50)30-55(40)29-34-9-6-5-7-10-34)56(19-8-16-51)45(62)33-68-32-39(54-41(58)15-20-65-23-24-67-26-25-66-22-21-64-4)47(63)53-18-17-52-42(59)31-57-43(60)13-14-44(57)61/h5-6,9,11-14,27-28,30,39,46H,7-8,10,15-26,29,31-33,51H2,1-4H3,(H,52,59)(H,53,63)(H,54,58)/t39-,46-/m0/s1. The molecule has 1 aromatic carbocycles. The van der Waals surface area contributed by atoms with Crippen molar-refractivity contribution in [2.45, 2.75) is 65.1 Å². The predicted molar refractivity (Wildman–Crippen MR) is 254 cm³/mol. The number of ether oxygens (including phenoxy) is 4. The number of amides is 6. The quantitative estimate of drug-likeness (QED) is 0.0633. The second kappa shape index (κ2) is 28.9. The molecule has 1 aliphatic carbocycles. The number of thioether (sulfide) groups is 1. The van der Waals surface area contributed by atoms with Crippen LogP contribution in [0.25, 0.3) is 11.1 Å². The molecule has 0 fully saturated rings. The summed E-state index contributed by atoms with van der Waals surface area (Å²) >= 11 is 1.15. The smallest absolute Gasteiger partial charge is 0.254 e. The van der Waals surface area contributed by atoms with Crippen molar-refractivity contribution in [3.8, 4) is 11.1 Å². The molecular weight excluding hydrogens is 905 g/mol. The SMILES string of the molecule is COCCOCCOCCOCCC(=O)N[C@@H](CSCC(=O)N(CCCN)[C@@H](c1cc(-c2cc(F)ccc2F)cn1CC1=CC=CCC1)C(C)(C)C)C(=O)NCCNC(=O)CN1C(=O)C=CC1=O. The van der Waals surface area contributed by atoms with Crippen LogP contribution in [0.3, 0.4) is 0 Å². The Bertz CT molecular complexity index is 2090. The third kappa shape index (κ3) is 18.3. The normalized spacial score (nSPS) is 14.5. The predicted octanol–water partition coefficient (Wildman–Crippen LogP) is 3.44. The molecule has 17 nitrogen and oxygen atoms in total. The number of carbonyl (C=O) groups is 6. The second-order valence-corrected chi connectivity index (χ2v) is 18.2. The zero-order valence-corrected chi connectivity index (χ0v) is 40.3. The maximum atomic E-state index is 15.3. The van der Waals surface area contributed by atoms with Gasteiger partial charge in [0.2, 0.25) is 23.6 Å². The molecule has 1 aromatic heterocycles. The van der Waals surface area contributed by atoms with E-state index in [1.54, 1.807) is 18.2 Å². The molecule has 1 aliphatic heterocycles. The highest BCUT2D eigenvalue weighted by Crippen LogP contribution is 2.41. The molecule has 0 saturated heterocycles. The largest absolute Gasteiger partial charge is 0.382 e. The number of nitrogens with one attached hydrogen (secondary N) is 3. The van der Waals surface area contributed by atoms with E-state index >= 15 is 4.39 Å². The number of imide groups is 1. The van der Waals surface area contributed by atoms with Gasteiger partial charge in [-0.1, -0.05) is 44.6 Å². The van der Waals surface area contributed by atoms with Gasteiger partial charge in [0, 0.05) is 80.6 Å². The molecular formula is C48H67F2N7O10S. The van der Waals surface area contributed by atoms with Crippen molar-refractivity contribution in [3.63, 3.8) is 0 Å². The van der Waals surface area contributed by atoms with Gasteiger partial charge in [0.25, 0.3) is 11.8 Å². The first-order chi connectivity index (χ1) is 32.6. The summed E-state index contributed by atoms with van der Waals surface area (Å²) in [7, 11) is 1.59. The zero-order chi connectivity index (χ0) is 49.5. The van der Waals surface area contributed by atoms with Gasteiger partial charge in [-0.3, -0.25) is 33.7 Å². The average molecular weight is 972 g/mol. The maximum absolute atomic E-state index is 15.3. The van der Waals surface area contributed by atoms with E-state index < -0.39 is 65.2 Å². The molecule has 374 valence electrons. The van der Waals surface area contributed by atoms with Crippen molar-refractivity contribution in [3.05, 3.63) is 83.7 Å². The van der Waals surface area contributed by atoms with E-state index in [-0.39, 0.29) is 68.9 Å². The molecule has 2 aromatic rings. The van der Waals surface area contributed by atoms with Crippen LogP contribution in [0.15, 0.2) is 66.4 Å². The fraction of sp³-hybridized carbons (Fsp3) is 0.542. The van der Waals surface area contributed by atoms with Crippen molar-refractivity contribution in [1.82, 2.24) is 30.3 Å². The van der Waals surface area contributed by atoms with Gasteiger partial charge in [0.05, 0.1) is 58.0 Å². The number of hydrogen-bond acceptors (Lipinski definition) is 12. The fourth-order valence-corrected chi connectivity index (χ4v) is 8.37. The first-order valence-corrected chi connectivity index (χ1v) is 23.9. The van der Waals surface area contributed by atoms with Gasteiger partial charge in [-0.15, -0.1) is 11.8 Å². The average Bonchev–Trinajstić information content (AvgIpc) is 3.85. The third-order valence-electron chi connectivity index (χ3n) is 10.7. The summed E-state index contributed by atoms with van der Waals surface area (Å²) in [6.07, 6.45) is 12.2. The summed E-state index contributed by atoms with van der Waals surface area (Å²) < 4.78 is 53.1. The van der Waals surface area contributed by atoms with E-state index in [2.05, 4.69) is 22.0 Å². The van der Waals surface area contributed by atoms with Crippen LogP contribution in [0.2, 0.25) is 0 Å². The molecule has 2 heterocycles. The Labute approximate surface area is 401 Å². The van der Waals surface area contributed by atoms with E-state index in [9.17, 15) is 33.2 Å². The number of allylic oxidation sites excluding steroid dienone is 4. The van der Waals surface area contributed by atoms with Crippen molar-refractivity contribution in [2.24, 2.45) is 11.1 Å². The summed E-state index contributed by atoms with van der Waals surface area (Å²) in [6, 6.07) is 3.49. The van der Waals surface area contributed by atoms with Crippen LogP contribution in [0.1, 0.15) is 58.2 Å². The summed E-state index contributed by atoms with van der Waals surface area (Å²) in [6.45, 7) is 8.80. The first-order valence-electron chi connectivity index (χ1n) is 22.8. The summed E-state index contributed by atoms with van der Waals surface area (Å²) in [5.41, 5.74) is 7.87. The molecule has 0 unspecified atom stereocenters. The highest BCUT2D eigenvalue weighted by atomic mass is 32.2.